The molecule has 0 atom stereocenters. The minimum Gasteiger partial charge on any atom is -0.495 e. The smallest absolute Gasteiger partial charge is 0.421 e. The summed E-state index contributed by atoms with van der Waals surface area (Å²) in [5, 5.41) is 5.73. The van der Waals surface area contributed by atoms with Crippen LogP contribution in [0.5, 0.6) is 5.75 Å². The number of benzene rings is 2. The summed E-state index contributed by atoms with van der Waals surface area (Å²) in [6.07, 6.45) is -4.09. The van der Waals surface area contributed by atoms with E-state index in [9.17, 15) is 22.5 Å². The van der Waals surface area contributed by atoms with Crippen molar-refractivity contribution >= 4 is 42.3 Å². The first-order valence-electron chi connectivity index (χ1n) is 15.2. The van der Waals surface area contributed by atoms with Crippen LogP contribution in [-0.2, 0) is 32.5 Å². The number of piperazine rings is 1. The SMILES string of the molecule is CCOP(=O)(Cc1ccc(Nc2ncc(C(F)(F)F)c(Nc3ccc(N4CCN(C)CC4)c4c3C(=O)N(C)C4)n2)c(OC)c1)OCC. The molecule has 2 aliphatic rings. The molecule has 5 rings (SSSR count). The van der Waals surface area contributed by atoms with Crippen LogP contribution in [0.25, 0.3) is 0 Å². The van der Waals surface area contributed by atoms with Crippen LogP contribution in [0.1, 0.15) is 40.9 Å². The number of likely N-dealkylation sites (N-methyl/N-ethyl adjacent to an activating group) is 1. The molecule has 3 heterocycles. The van der Waals surface area contributed by atoms with Crippen molar-refractivity contribution in [1.82, 2.24) is 19.8 Å². The Hall–Kier alpha value is -3.91. The monoisotopic (exact) mass is 677 g/mol. The molecule has 16 heteroatoms. The van der Waals surface area contributed by atoms with Gasteiger partial charge in [-0.05, 0) is 50.7 Å². The number of carbonyl (C=O) groups is 1. The third-order valence-electron chi connectivity index (χ3n) is 7.98. The third kappa shape index (κ3) is 7.64. The van der Waals surface area contributed by atoms with Crippen LogP contribution in [0.2, 0.25) is 0 Å². The van der Waals surface area contributed by atoms with E-state index in [1.54, 1.807) is 50.1 Å². The summed E-state index contributed by atoms with van der Waals surface area (Å²) in [4.78, 5) is 27.4. The van der Waals surface area contributed by atoms with Crippen molar-refractivity contribution in [2.45, 2.75) is 32.7 Å². The van der Waals surface area contributed by atoms with Crippen LogP contribution in [-0.4, -0.2) is 86.3 Å². The lowest BCUT2D eigenvalue weighted by atomic mass is 10.0. The number of alkyl halides is 3. The van der Waals surface area contributed by atoms with Gasteiger partial charge >= 0.3 is 13.8 Å². The fourth-order valence-electron chi connectivity index (χ4n) is 5.66. The zero-order chi connectivity index (χ0) is 33.9. The van der Waals surface area contributed by atoms with E-state index in [2.05, 4.69) is 30.4 Å². The average Bonchev–Trinajstić information content (AvgIpc) is 3.32. The highest BCUT2D eigenvalue weighted by Crippen LogP contribution is 2.52. The molecule has 2 aliphatic heterocycles. The minimum atomic E-state index is -4.78. The van der Waals surface area contributed by atoms with Crippen molar-refractivity contribution in [2.75, 3.05) is 76.1 Å². The van der Waals surface area contributed by atoms with Crippen molar-refractivity contribution in [3.63, 3.8) is 0 Å². The van der Waals surface area contributed by atoms with Gasteiger partial charge in [0.25, 0.3) is 5.91 Å². The molecule has 0 bridgehead atoms. The van der Waals surface area contributed by atoms with E-state index in [4.69, 9.17) is 13.8 Å². The number of hydrogen-bond donors (Lipinski definition) is 2. The Kier molecular flexibility index (Phi) is 10.3. The second kappa shape index (κ2) is 14.1. The molecule has 1 amide bonds. The van der Waals surface area contributed by atoms with Crippen LogP contribution < -0.4 is 20.3 Å². The first-order valence-corrected chi connectivity index (χ1v) is 17.0. The first-order chi connectivity index (χ1) is 22.4. The van der Waals surface area contributed by atoms with E-state index < -0.39 is 25.2 Å². The summed E-state index contributed by atoms with van der Waals surface area (Å²) in [5.41, 5.74) is 2.07. The van der Waals surface area contributed by atoms with Gasteiger partial charge in [-0.25, -0.2) is 4.98 Å². The zero-order valence-corrected chi connectivity index (χ0v) is 27.9. The molecule has 1 fully saturated rings. The molecular formula is C31H39F3N7O5P. The number of hydrogen-bond acceptors (Lipinski definition) is 11. The van der Waals surface area contributed by atoms with Crippen molar-refractivity contribution in [2.24, 2.45) is 0 Å². The molecule has 0 unspecified atom stereocenters. The summed E-state index contributed by atoms with van der Waals surface area (Å²) >= 11 is 0. The van der Waals surface area contributed by atoms with Crippen molar-refractivity contribution in [1.29, 1.82) is 0 Å². The average molecular weight is 678 g/mol. The Balaban J connectivity index is 1.46. The van der Waals surface area contributed by atoms with E-state index in [1.807, 2.05) is 13.1 Å². The molecule has 0 saturated carbocycles. The second-order valence-corrected chi connectivity index (χ2v) is 13.3. The molecule has 0 radical (unpaired) electrons. The van der Waals surface area contributed by atoms with Crippen LogP contribution >= 0.6 is 7.60 Å². The summed E-state index contributed by atoms with van der Waals surface area (Å²) < 4.78 is 71.8. The quantitative estimate of drug-likeness (QED) is 0.217. The number of ether oxygens (including phenoxy) is 1. The van der Waals surface area contributed by atoms with Crippen LogP contribution in [0.4, 0.5) is 42.0 Å². The number of halogens is 3. The lowest BCUT2D eigenvalue weighted by Crippen LogP contribution is -2.44. The highest BCUT2D eigenvalue weighted by Gasteiger charge is 2.37. The van der Waals surface area contributed by atoms with Gasteiger partial charge in [0, 0.05) is 57.2 Å². The van der Waals surface area contributed by atoms with Crippen molar-refractivity contribution in [3.05, 3.63) is 58.8 Å². The molecule has 2 aromatic carbocycles. The summed E-state index contributed by atoms with van der Waals surface area (Å²) in [6, 6.07) is 8.39. The number of aromatic nitrogens is 2. The van der Waals surface area contributed by atoms with Gasteiger partial charge in [-0.3, -0.25) is 9.36 Å². The molecule has 12 nitrogen and oxygen atoms in total. The van der Waals surface area contributed by atoms with Gasteiger partial charge in [0.2, 0.25) is 5.95 Å². The number of carbonyl (C=O) groups excluding carboxylic acids is 1. The van der Waals surface area contributed by atoms with Gasteiger partial charge < -0.3 is 39.1 Å². The van der Waals surface area contributed by atoms with Gasteiger partial charge in [-0.1, -0.05) is 6.07 Å². The summed E-state index contributed by atoms with van der Waals surface area (Å²) in [5.74, 6) is -0.639. The van der Waals surface area contributed by atoms with E-state index >= 15 is 0 Å². The lowest BCUT2D eigenvalue weighted by Gasteiger charge is -2.35. The second-order valence-electron chi connectivity index (χ2n) is 11.3. The summed E-state index contributed by atoms with van der Waals surface area (Å²) in [7, 11) is 1.75. The molecule has 2 N–H and O–H groups in total. The van der Waals surface area contributed by atoms with Crippen LogP contribution in [0, 0.1) is 0 Å². The number of methoxy groups -OCH3 is 1. The van der Waals surface area contributed by atoms with E-state index in [-0.39, 0.29) is 36.9 Å². The third-order valence-corrected chi connectivity index (χ3v) is 10.0. The number of rotatable bonds is 12. The summed E-state index contributed by atoms with van der Waals surface area (Å²) in [6.45, 7) is 7.48. The van der Waals surface area contributed by atoms with Gasteiger partial charge in [0.15, 0.2) is 0 Å². The molecule has 254 valence electrons. The van der Waals surface area contributed by atoms with Crippen molar-refractivity contribution in [3.8, 4) is 5.75 Å². The first kappa shape index (κ1) is 34.4. The van der Waals surface area contributed by atoms with Crippen LogP contribution in [0.3, 0.4) is 0 Å². The fourth-order valence-corrected chi connectivity index (χ4v) is 7.35. The maximum Gasteiger partial charge on any atom is 0.421 e. The van der Waals surface area contributed by atoms with Crippen LogP contribution in [0.15, 0.2) is 36.5 Å². The van der Waals surface area contributed by atoms with E-state index in [1.165, 1.54) is 7.11 Å². The molecule has 1 saturated heterocycles. The van der Waals surface area contributed by atoms with Crippen molar-refractivity contribution < 1.29 is 36.3 Å². The highest BCUT2D eigenvalue weighted by molar-refractivity contribution is 7.53. The largest absolute Gasteiger partial charge is 0.495 e. The zero-order valence-electron chi connectivity index (χ0n) is 27.0. The molecule has 0 spiro atoms. The van der Waals surface area contributed by atoms with E-state index in [0.29, 0.717) is 35.3 Å². The van der Waals surface area contributed by atoms with E-state index in [0.717, 1.165) is 37.4 Å². The predicted molar refractivity (Wildman–Crippen MR) is 173 cm³/mol. The Labute approximate surface area is 271 Å². The maximum atomic E-state index is 14.2. The lowest BCUT2D eigenvalue weighted by molar-refractivity contribution is -0.137. The Morgan fingerprint density at radius 2 is 1.66 bits per heavy atom. The molecule has 0 aliphatic carbocycles. The fraction of sp³-hybridized carbons (Fsp3) is 0.452. The standard InChI is InChI=1S/C31H39F3N7O5P/c1-6-45-47(43,46-7-2)19-20-8-9-23(26(16-20)44-5)37-30-35-17-22(31(32,33)34)28(38-30)36-24-10-11-25(41-14-12-39(3)13-15-41)21-18-40(4)29(42)27(21)24/h8-11,16-17H,6-7,12-15,18-19H2,1-5H3,(H2,35,36,37,38). The number of anilines is 5. The Morgan fingerprint density at radius 3 is 2.30 bits per heavy atom. The number of amides is 1. The Bertz CT molecular complexity index is 1660. The Morgan fingerprint density at radius 1 is 0.979 bits per heavy atom. The van der Waals surface area contributed by atoms with Gasteiger partial charge in [-0.15, -0.1) is 0 Å². The number of nitrogens with zero attached hydrogens (tertiary/aromatic N) is 5. The van der Waals surface area contributed by atoms with Gasteiger partial charge in [-0.2, -0.15) is 18.2 Å². The van der Waals surface area contributed by atoms with Gasteiger partial charge in [0.1, 0.15) is 17.1 Å². The molecule has 47 heavy (non-hydrogen) atoms. The minimum absolute atomic E-state index is 0.00198. The normalized spacial score (nSPS) is 15.6. The maximum absolute atomic E-state index is 14.2. The molecule has 1 aromatic heterocycles. The number of nitrogens with one attached hydrogen (secondary N) is 2. The topological polar surface area (TPSA) is 121 Å². The predicted octanol–water partition coefficient (Wildman–Crippen LogP) is 6.09. The number of fused-ring (bicyclic) bond motifs is 1. The van der Waals surface area contributed by atoms with Gasteiger partial charge in [0.05, 0.1) is 43.4 Å². The molecule has 3 aromatic rings. The molecular weight excluding hydrogens is 638 g/mol. The highest BCUT2D eigenvalue weighted by atomic mass is 31.2.